The van der Waals surface area contributed by atoms with E-state index in [1.165, 1.54) is 0 Å². The van der Waals surface area contributed by atoms with Crippen molar-refractivity contribution < 1.29 is 14.9 Å². The van der Waals surface area contributed by atoms with Gasteiger partial charge >= 0.3 is 0 Å². The molecule has 0 aliphatic rings. The van der Waals surface area contributed by atoms with E-state index in [-0.39, 0.29) is 6.61 Å². The number of ether oxygens (including phenoxy) is 1. The van der Waals surface area contributed by atoms with Crippen LogP contribution in [-0.2, 0) is 0 Å². The summed E-state index contributed by atoms with van der Waals surface area (Å²) in [6.07, 6.45) is -0.773. The highest BCUT2D eigenvalue weighted by atomic mass is 32.1. The molecule has 0 spiro atoms. The molecule has 0 bridgehead atoms. The minimum atomic E-state index is -0.773. The number of hydrogen-bond acceptors (Lipinski definition) is 6. The van der Waals surface area contributed by atoms with E-state index >= 15 is 0 Å². The molecule has 0 saturated carbocycles. The molecule has 0 saturated heterocycles. The van der Waals surface area contributed by atoms with E-state index < -0.39 is 6.10 Å². The van der Waals surface area contributed by atoms with Crippen LogP contribution in [0.4, 0.5) is 5.69 Å². The molecule has 1 atom stereocenters. The number of methoxy groups -OCH3 is 1. The molecule has 1 heterocycles. The molecule has 5 nitrogen and oxygen atoms in total. The molecule has 25 heavy (non-hydrogen) atoms. The van der Waals surface area contributed by atoms with Crippen LogP contribution in [0.2, 0.25) is 0 Å². The highest BCUT2D eigenvalue weighted by Gasteiger charge is 2.08. The molecule has 1 aromatic heterocycles. The second kappa shape index (κ2) is 8.11. The summed E-state index contributed by atoms with van der Waals surface area (Å²) in [6.45, 7) is 0.0410. The summed E-state index contributed by atoms with van der Waals surface area (Å²) >= 11 is 1.59. The number of hydrogen-bond donors (Lipinski definition) is 3. The van der Waals surface area contributed by atoms with Crippen LogP contribution in [0.25, 0.3) is 21.8 Å². The van der Waals surface area contributed by atoms with Crippen LogP contribution < -0.4 is 10.1 Å². The van der Waals surface area contributed by atoms with Crippen molar-refractivity contribution in [2.24, 2.45) is 0 Å². The minimum Gasteiger partial charge on any atom is -0.497 e. The summed E-state index contributed by atoms with van der Waals surface area (Å²) < 4.78 is 5.18. The molecule has 0 amide bonds. The van der Waals surface area contributed by atoms with E-state index in [0.29, 0.717) is 6.54 Å². The average Bonchev–Trinajstić information content (AvgIpc) is 3.16. The van der Waals surface area contributed by atoms with E-state index in [9.17, 15) is 5.11 Å². The Hall–Kier alpha value is -2.41. The number of aromatic nitrogens is 1. The maximum Gasteiger partial charge on any atom is 0.124 e. The minimum absolute atomic E-state index is 0.260. The summed E-state index contributed by atoms with van der Waals surface area (Å²) in [7, 11) is 1.65. The van der Waals surface area contributed by atoms with Crippen molar-refractivity contribution in [3.63, 3.8) is 0 Å². The van der Waals surface area contributed by atoms with Crippen LogP contribution in [0.1, 0.15) is 0 Å². The van der Waals surface area contributed by atoms with Gasteiger partial charge in [0.25, 0.3) is 0 Å². The molecule has 3 aromatic rings. The first-order valence-corrected chi connectivity index (χ1v) is 8.80. The number of nitrogens with one attached hydrogen (secondary N) is 1. The number of aliphatic hydroxyl groups excluding tert-OH is 2. The first-order valence-electron chi connectivity index (χ1n) is 7.93. The molecular formula is C19H20N2O3S. The van der Waals surface area contributed by atoms with Gasteiger partial charge in [0, 0.05) is 28.7 Å². The zero-order chi connectivity index (χ0) is 17.6. The smallest absolute Gasteiger partial charge is 0.124 e. The van der Waals surface area contributed by atoms with Gasteiger partial charge in [-0.15, -0.1) is 11.3 Å². The normalized spacial score (nSPS) is 12.0. The van der Waals surface area contributed by atoms with Gasteiger partial charge in [0.05, 0.1) is 25.5 Å². The Morgan fingerprint density at radius 3 is 2.68 bits per heavy atom. The van der Waals surface area contributed by atoms with Gasteiger partial charge in [0.15, 0.2) is 0 Å². The lowest BCUT2D eigenvalue weighted by atomic mass is 10.1. The Kier molecular flexibility index (Phi) is 5.65. The van der Waals surface area contributed by atoms with Gasteiger partial charge in [-0.1, -0.05) is 12.1 Å². The molecule has 3 rings (SSSR count). The third-order valence-electron chi connectivity index (χ3n) is 3.75. The molecule has 6 heteroatoms. The van der Waals surface area contributed by atoms with Crippen molar-refractivity contribution in [3.8, 4) is 27.6 Å². The zero-order valence-corrected chi connectivity index (χ0v) is 14.7. The third kappa shape index (κ3) is 4.36. The predicted molar refractivity (Wildman–Crippen MR) is 101 cm³/mol. The fraction of sp³-hybridized carbons (Fsp3) is 0.211. The highest BCUT2D eigenvalue weighted by Crippen LogP contribution is 2.30. The first-order chi connectivity index (χ1) is 12.2. The van der Waals surface area contributed by atoms with Crippen molar-refractivity contribution in [2.45, 2.75) is 6.10 Å². The highest BCUT2D eigenvalue weighted by molar-refractivity contribution is 7.13. The molecule has 130 valence electrons. The second-order valence-corrected chi connectivity index (χ2v) is 6.42. The largest absolute Gasteiger partial charge is 0.497 e. The van der Waals surface area contributed by atoms with Gasteiger partial charge in [-0.3, -0.25) is 0 Å². The molecule has 0 aliphatic heterocycles. The van der Waals surface area contributed by atoms with Crippen LogP contribution in [0, 0.1) is 0 Å². The Bertz CT molecular complexity index is 818. The number of rotatable bonds is 7. The summed E-state index contributed by atoms with van der Waals surface area (Å²) in [5, 5.41) is 24.4. The van der Waals surface area contributed by atoms with E-state index in [1.807, 2.05) is 53.9 Å². The molecule has 0 aliphatic carbocycles. The Morgan fingerprint density at radius 2 is 1.96 bits per heavy atom. The number of benzene rings is 2. The van der Waals surface area contributed by atoms with Gasteiger partial charge in [0.2, 0.25) is 0 Å². The van der Waals surface area contributed by atoms with Gasteiger partial charge in [0.1, 0.15) is 10.8 Å². The van der Waals surface area contributed by atoms with Crippen molar-refractivity contribution in [1.82, 2.24) is 4.98 Å². The molecule has 0 radical (unpaired) electrons. The summed E-state index contributed by atoms with van der Waals surface area (Å²) in [6, 6.07) is 15.7. The lowest BCUT2D eigenvalue weighted by molar-refractivity contribution is 0.105. The van der Waals surface area contributed by atoms with Crippen LogP contribution in [0.3, 0.4) is 0 Å². The van der Waals surface area contributed by atoms with E-state index in [1.54, 1.807) is 18.4 Å². The standard InChI is InChI=1S/C19H20N2O3S/c1-24-17-7-5-13(6-8-17)18-12-25-19(21-18)14-3-2-4-15(9-14)20-10-16(23)11-22/h2-9,12,16,20,22-23H,10-11H2,1H3. The lowest BCUT2D eigenvalue weighted by Gasteiger charge is -2.10. The van der Waals surface area contributed by atoms with Crippen molar-refractivity contribution >= 4 is 17.0 Å². The number of anilines is 1. The molecule has 2 aromatic carbocycles. The summed E-state index contributed by atoms with van der Waals surface area (Å²) in [5.74, 6) is 0.822. The van der Waals surface area contributed by atoms with Crippen LogP contribution in [-0.4, -0.2) is 41.6 Å². The van der Waals surface area contributed by atoms with Crippen LogP contribution in [0.5, 0.6) is 5.75 Å². The predicted octanol–water partition coefficient (Wildman–Crippen LogP) is 3.25. The van der Waals surface area contributed by atoms with Crippen molar-refractivity contribution in [2.75, 3.05) is 25.6 Å². The fourth-order valence-electron chi connectivity index (χ4n) is 2.36. The number of aliphatic hydroxyl groups is 2. The maximum absolute atomic E-state index is 9.44. The quantitative estimate of drug-likeness (QED) is 0.606. The van der Waals surface area contributed by atoms with E-state index in [4.69, 9.17) is 14.8 Å². The molecule has 1 unspecified atom stereocenters. The third-order valence-corrected chi connectivity index (χ3v) is 4.64. The summed E-state index contributed by atoms with van der Waals surface area (Å²) in [5.41, 5.74) is 3.86. The summed E-state index contributed by atoms with van der Waals surface area (Å²) in [4.78, 5) is 4.72. The topological polar surface area (TPSA) is 74.6 Å². The number of nitrogens with zero attached hydrogens (tertiary/aromatic N) is 1. The van der Waals surface area contributed by atoms with Gasteiger partial charge in [-0.25, -0.2) is 4.98 Å². The monoisotopic (exact) mass is 356 g/mol. The average molecular weight is 356 g/mol. The van der Waals surface area contributed by atoms with E-state index in [2.05, 4.69) is 5.32 Å². The van der Waals surface area contributed by atoms with Crippen molar-refractivity contribution in [3.05, 3.63) is 53.9 Å². The van der Waals surface area contributed by atoms with Gasteiger partial charge in [-0.2, -0.15) is 0 Å². The van der Waals surface area contributed by atoms with Crippen LogP contribution >= 0.6 is 11.3 Å². The molecular weight excluding hydrogens is 336 g/mol. The molecule has 0 fully saturated rings. The van der Waals surface area contributed by atoms with Crippen molar-refractivity contribution in [1.29, 1.82) is 0 Å². The lowest BCUT2D eigenvalue weighted by Crippen LogP contribution is -2.22. The first kappa shape index (κ1) is 17.4. The van der Waals surface area contributed by atoms with Gasteiger partial charge < -0.3 is 20.3 Å². The Labute approximate surface area is 150 Å². The van der Waals surface area contributed by atoms with E-state index in [0.717, 1.165) is 33.3 Å². The maximum atomic E-state index is 9.44. The van der Waals surface area contributed by atoms with Crippen LogP contribution in [0.15, 0.2) is 53.9 Å². The SMILES string of the molecule is COc1ccc(-c2csc(-c3cccc(NCC(O)CO)c3)n2)cc1. The molecule has 3 N–H and O–H groups in total. The Morgan fingerprint density at radius 1 is 1.16 bits per heavy atom. The number of thiazole rings is 1. The fourth-order valence-corrected chi connectivity index (χ4v) is 3.19. The Balaban J connectivity index is 1.77. The zero-order valence-electron chi connectivity index (χ0n) is 13.8. The second-order valence-electron chi connectivity index (χ2n) is 5.56. The van der Waals surface area contributed by atoms with Gasteiger partial charge in [-0.05, 0) is 36.4 Å².